The summed E-state index contributed by atoms with van der Waals surface area (Å²) in [6.45, 7) is 7.52. The van der Waals surface area contributed by atoms with Crippen molar-refractivity contribution < 1.29 is 9.53 Å². The van der Waals surface area contributed by atoms with E-state index in [0.717, 1.165) is 38.9 Å². The summed E-state index contributed by atoms with van der Waals surface area (Å²) in [6, 6.07) is 11.3. The van der Waals surface area contributed by atoms with Crippen molar-refractivity contribution in [2.45, 2.75) is 57.4 Å². The standard InChI is InChI=1S/C20H31N3O2.2ClH/c1-3-23(20(24)19-10-9-18(13-21)25-19)17-11-12-22(14-17)15(2)16-7-5-4-6-8-16;;/h4-8,15,17-19H,3,9-14,21H2,1-2H3;2*1H/t15?,17?,18-,19+;;/m1../s1. The van der Waals surface area contributed by atoms with Crippen molar-refractivity contribution in [2.75, 3.05) is 26.2 Å². The number of benzene rings is 1. The Morgan fingerprint density at radius 2 is 1.96 bits per heavy atom. The molecule has 0 saturated carbocycles. The van der Waals surface area contributed by atoms with Crippen LogP contribution in [0.25, 0.3) is 0 Å². The lowest BCUT2D eigenvalue weighted by Crippen LogP contribution is -2.47. The molecule has 7 heteroatoms. The Kier molecular flexibility index (Phi) is 10.1. The first-order valence-corrected chi connectivity index (χ1v) is 9.59. The van der Waals surface area contributed by atoms with E-state index in [9.17, 15) is 4.79 Å². The van der Waals surface area contributed by atoms with Crippen LogP contribution < -0.4 is 5.73 Å². The fourth-order valence-electron chi connectivity index (χ4n) is 4.16. The molecule has 1 aromatic rings. The Morgan fingerprint density at radius 3 is 2.56 bits per heavy atom. The summed E-state index contributed by atoms with van der Waals surface area (Å²) >= 11 is 0. The number of hydrogen-bond donors (Lipinski definition) is 1. The van der Waals surface area contributed by atoms with E-state index in [1.807, 2.05) is 4.90 Å². The van der Waals surface area contributed by atoms with E-state index in [-0.39, 0.29) is 49.0 Å². The van der Waals surface area contributed by atoms with Crippen molar-refractivity contribution in [3.8, 4) is 0 Å². The van der Waals surface area contributed by atoms with Crippen LogP contribution in [0.2, 0.25) is 0 Å². The quantitative estimate of drug-likeness (QED) is 0.772. The summed E-state index contributed by atoms with van der Waals surface area (Å²) < 4.78 is 5.83. The minimum absolute atomic E-state index is 0. The molecule has 2 N–H and O–H groups in total. The lowest BCUT2D eigenvalue weighted by atomic mass is 10.1. The Hall–Kier alpha value is -0.850. The third-order valence-electron chi connectivity index (χ3n) is 5.73. The van der Waals surface area contributed by atoms with Gasteiger partial charge in [-0.3, -0.25) is 9.69 Å². The first kappa shape index (κ1) is 24.2. The van der Waals surface area contributed by atoms with Gasteiger partial charge in [-0.25, -0.2) is 0 Å². The SMILES string of the molecule is CCN(C(=O)[C@@H]1CC[C@H](CN)O1)C1CCN(C(C)c2ccccc2)C1.Cl.Cl. The second-order valence-electron chi connectivity index (χ2n) is 7.21. The van der Waals surface area contributed by atoms with Crippen LogP contribution in [0.1, 0.15) is 44.7 Å². The molecule has 0 spiro atoms. The Morgan fingerprint density at radius 1 is 1.26 bits per heavy atom. The molecule has 0 aliphatic carbocycles. The van der Waals surface area contributed by atoms with E-state index in [2.05, 4.69) is 49.1 Å². The predicted octanol–water partition coefficient (Wildman–Crippen LogP) is 3.02. The van der Waals surface area contributed by atoms with Crippen LogP contribution in [0.3, 0.4) is 0 Å². The molecule has 154 valence electrons. The fourth-order valence-corrected chi connectivity index (χ4v) is 4.16. The van der Waals surface area contributed by atoms with Gasteiger partial charge in [-0.1, -0.05) is 30.3 Å². The number of ether oxygens (including phenoxy) is 1. The van der Waals surface area contributed by atoms with Gasteiger partial charge in [0.25, 0.3) is 5.91 Å². The number of halogens is 2. The lowest BCUT2D eigenvalue weighted by Gasteiger charge is -2.31. The maximum Gasteiger partial charge on any atom is 0.252 e. The van der Waals surface area contributed by atoms with E-state index in [4.69, 9.17) is 10.5 Å². The number of nitrogens with zero attached hydrogens (tertiary/aromatic N) is 2. The average Bonchev–Trinajstić information content (AvgIpc) is 3.32. The van der Waals surface area contributed by atoms with Gasteiger partial charge in [-0.05, 0) is 38.7 Å². The number of hydrogen-bond acceptors (Lipinski definition) is 4. The van der Waals surface area contributed by atoms with Crippen molar-refractivity contribution in [2.24, 2.45) is 5.73 Å². The summed E-state index contributed by atoms with van der Waals surface area (Å²) in [5.74, 6) is 0.151. The zero-order valence-corrected chi connectivity index (χ0v) is 17.9. The molecule has 0 radical (unpaired) electrons. The molecule has 0 aromatic heterocycles. The van der Waals surface area contributed by atoms with Gasteiger partial charge < -0.3 is 15.4 Å². The third-order valence-corrected chi connectivity index (χ3v) is 5.73. The number of carbonyl (C=O) groups excluding carboxylic acids is 1. The van der Waals surface area contributed by atoms with Gasteiger partial charge in [0.15, 0.2) is 0 Å². The van der Waals surface area contributed by atoms with Gasteiger partial charge in [0.05, 0.1) is 6.10 Å². The molecule has 1 aromatic carbocycles. The van der Waals surface area contributed by atoms with Crippen LogP contribution in [0, 0.1) is 0 Å². The largest absolute Gasteiger partial charge is 0.364 e. The van der Waals surface area contributed by atoms with Gasteiger partial charge >= 0.3 is 0 Å². The molecule has 2 unspecified atom stereocenters. The summed E-state index contributed by atoms with van der Waals surface area (Å²) in [6.07, 6.45) is 2.48. The number of carbonyl (C=O) groups is 1. The molecule has 3 rings (SSSR count). The van der Waals surface area contributed by atoms with Crippen LogP contribution in [0.5, 0.6) is 0 Å². The zero-order valence-electron chi connectivity index (χ0n) is 16.3. The third kappa shape index (κ3) is 5.58. The molecule has 2 aliphatic heterocycles. The van der Waals surface area contributed by atoms with Gasteiger partial charge in [0.1, 0.15) is 6.10 Å². The van der Waals surface area contributed by atoms with Crippen LogP contribution in [-0.2, 0) is 9.53 Å². The summed E-state index contributed by atoms with van der Waals surface area (Å²) in [5, 5.41) is 0. The molecule has 5 nitrogen and oxygen atoms in total. The topological polar surface area (TPSA) is 58.8 Å². The molecule has 0 bridgehead atoms. The van der Waals surface area contributed by atoms with Crippen LogP contribution in [0.4, 0.5) is 0 Å². The predicted molar refractivity (Wildman–Crippen MR) is 114 cm³/mol. The smallest absolute Gasteiger partial charge is 0.252 e. The summed E-state index contributed by atoms with van der Waals surface area (Å²) in [7, 11) is 0. The Bertz CT molecular complexity index is 576. The molecule has 4 atom stereocenters. The number of nitrogens with two attached hydrogens (primary N) is 1. The molecule has 2 aliphatic rings. The monoisotopic (exact) mass is 417 g/mol. The second kappa shape index (κ2) is 11.2. The van der Waals surface area contributed by atoms with Crippen molar-refractivity contribution in [3.63, 3.8) is 0 Å². The first-order chi connectivity index (χ1) is 12.1. The highest BCUT2D eigenvalue weighted by Crippen LogP contribution is 2.28. The van der Waals surface area contributed by atoms with E-state index in [1.165, 1.54) is 5.56 Å². The Labute approximate surface area is 175 Å². The maximum absolute atomic E-state index is 12.9. The fraction of sp³-hybridized carbons (Fsp3) is 0.650. The minimum atomic E-state index is -0.297. The normalized spacial score (nSPS) is 26.1. The molecule has 2 saturated heterocycles. The molecule has 27 heavy (non-hydrogen) atoms. The molecular weight excluding hydrogens is 385 g/mol. The molecule has 2 heterocycles. The van der Waals surface area contributed by atoms with E-state index >= 15 is 0 Å². The van der Waals surface area contributed by atoms with Crippen LogP contribution in [0.15, 0.2) is 30.3 Å². The number of amides is 1. The lowest BCUT2D eigenvalue weighted by molar-refractivity contribution is -0.144. The minimum Gasteiger partial charge on any atom is -0.364 e. The van der Waals surface area contributed by atoms with Crippen LogP contribution in [-0.4, -0.2) is 60.1 Å². The highest BCUT2D eigenvalue weighted by Gasteiger charge is 2.37. The van der Waals surface area contributed by atoms with E-state index in [0.29, 0.717) is 12.6 Å². The van der Waals surface area contributed by atoms with Crippen molar-refractivity contribution in [1.82, 2.24) is 9.80 Å². The second-order valence-corrected chi connectivity index (χ2v) is 7.21. The van der Waals surface area contributed by atoms with Crippen molar-refractivity contribution in [1.29, 1.82) is 0 Å². The van der Waals surface area contributed by atoms with E-state index < -0.39 is 0 Å². The molecule has 1 amide bonds. The molecule has 2 fully saturated rings. The number of likely N-dealkylation sites (N-methyl/N-ethyl adjacent to an activating group) is 1. The van der Waals surface area contributed by atoms with Gasteiger partial charge in [-0.15, -0.1) is 24.8 Å². The summed E-state index contributed by atoms with van der Waals surface area (Å²) in [4.78, 5) is 17.4. The highest BCUT2D eigenvalue weighted by atomic mass is 35.5. The average molecular weight is 418 g/mol. The number of rotatable bonds is 6. The highest BCUT2D eigenvalue weighted by molar-refractivity contribution is 5.85. The van der Waals surface area contributed by atoms with Crippen molar-refractivity contribution in [3.05, 3.63) is 35.9 Å². The van der Waals surface area contributed by atoms with Gasteiger partial charge in [0, 0.05) is 38.3 Å². The van der Waals surface area contributed by atoms with Crippen LogP contribution >= 0.6 is 24.8 Å². The van der Waals surface area contributed by atoms with E-state index in [1.54, 1.807) is 0 Å². The van der Waals surface area contributed by atoms with Gasteiger partial charge in [-0.2, -0.15) is 0 Å². The van der Waals surface area contributed by atoms with Crippen molar-refractivity contribution >= 4 is 30.7 Å². The summed E-state index contributed by atoms with van der Waals surface area (Å²) in [5.41, 5.74) is 7.01. The van der Waals surface area contributed by atoms with Gasteiger partial charge in [0.2, 0.25) is 0 Å². The molecular formula is C20H33Cl2N3O2. The Balaban J connectivity index is 0.00000182. The number of likely N-dealkylation sites (tertiary alicyclic amines) is 1. The maximum atomic E-state index is 12.9. The first-order valence-electron chi connectivity index (χ1n) is 9.59. The zero-order chi connectivity index (χ0) is 17.8.